The maximum absolute atomic E-state index is 12.3. The van der Waals surface area contributed by atoms with Gasteiger partial charge in [-0.3, -0.25) is 9.89 Å². The van der Waals surface area contributed by atoms with Crippen LogP contribution in [0.4, 0.5) is 5.95 Å². The summed E-state index contributed by atoms with van der Waals surface area (Å²) in [6, 6.07) is 5.19. The van der Waals surface area contributed by atoms with Crippen LogP contribution in [0.2, 0.25) is 10.0 Å². The number of H-pyrrole nitrogens is 1. The molecule has 8 nitrogen and oxygen atoms in total. The molecule has 3 aromatic rings. The van der Waals surface area contributed by atoms with Crippen molar-refractivity contribution in [1.82, 2.24) is 19.6 Å². The standard InChI is InChI=1S/C15H13Cl2N5O3/c1-2-25-13(24)9-7-19-15-20-14(21-22(15)12(9)23)18-6-8-10(16)4-3-5-11(8)17/h3-5,7H,2,6H2,1H3,(H2,18,19,20,21). The zero-order valence-corrected chi connectivity index (χ0v) is 14.6. The van der Waals surface area contributed by atoms with E-state index in [2.05, 4.69) is 20.4 Å². The fourth-order valence-electron chi connectivity index (χ4n) is 2.16. The molecule has 0 unspecified atom stereocenters. The van der Waals surface area contributed by atoms with E-state index < -0.39 is 11.5 Å². The van der Waals surface area contributed by atoms with Crippen LogP contribution in [0.5, 0.6) is 0 Å². The highest BCUT2D eigenvalue weighted by Gasteiger charge is 2.16. The van der Waals surface area contributed by atoms with Gasteiger partial charge in [0.2, 0.25) is 5.95 Å². The van der Waals surface area contributed by atoms with Gasteiger partial charge in [-0.05, 0) is 19.1 Å². The molecule has 25 heavy (non-hydrogen) atoms. The Hall–Kier alpha value is -2.58. The van der Waals surface area contributed by atoms with Crippen LogP contribution in [0.25, 0.3) is 5.78 Å². The zero-order valence-electron chi connectivity index (χ0n) is 13.0. The molecule has 2 aromatic heterocycles. The van der Waals surface area contributed by atoms with Crippen LogP contribution in [-0.4, -0.2) is 32.2 Å². The van der Waals surface area contributed by atoms with Crippen LogP contribution >= 0.6 is 23.2 Å². The second-order valence-corrected chi connectivity index (χ2v) is 5.77. The topological polar surface area (TPSA) is 101 Å². The molecular formula is C15H13Cl2N5O3. The number of hydrogen-bond donors (Lipinski definition) is 2. The van der Waals surface area contributed by atoms with Crippen molar-refractivity contribution < 1.29 is 9.53 Å². The minimum Gasteiger partial charge on any atom is -0.462 e. The number of aromatic amines is 1. The molecule has 0 amide bonds. The molecule has 130 valence electrons. The van der Waals surface area contributed by atoms with Crippen LogP contribution in [-0.2, 0) is 11.3 Å². The van der Waals surface area contributed by atoms with Gasteiger partial charge in [-0.25, -0.2) is 9.78 Å². The summed E-state index contributed by atoms with van der Waals surface area (Å²) in [5.41, 5.74) is -0.0812. The molecule has 1 aromatic carbocycles. The summed E-state index contributed by atoms with van der Waals surface area (Å²) in [5, 5.41) is 6.74. The second-order valence-electron chi connectivity index (χ2n) is 4.96. The lowest BCUT2D eigenvalue weighted by molar-refractivity contribution is 0.0523. The highest BCUT2D eigenvalue weighted by atomic mass is 35.5. The minimum absolute atomic E-state index is 0.116. The van der Waals surface area contributed by atoms with Gasteiger partial charge < -0.3 is 10.1 Å². The molecule has 0 fully saturated rings. The van der Waals surface area contributed by atoms with Gasteiger partial charge >= 0.3 is 5.97 Å². The quantitative estimate of drug-likeness (QED) is 0.658. The lowest BCUT2D eigenvalue weighted by atomic mass is 10.2. The molecule has 0 atom stereocenters. The molecule has 0 aliphatic carbocycles. The third kappa shape index (κ3) is 3.45. The van der Waals surface area contributed by atoms with Gasteiger partial charge in [0.1, 0.15) is 5.56 Å². The molecule has 3 rings (SSSR count). The van der Waals surface area contributed by atoms with Crippen LogP contribution in [0.3, 0.4) is 0 Å². The molecule has 0 bridgehead atoms. The van der Waals surface area contributed by atoms with Crippen molar-refractivity contribution in [3.05, 3.63) is 55.9 Å². The summed E-state index contributed by atoms with van der Waals surface area (Å²) in [6.07, 6.45) is 1.14. The number of fused-ring (bicyclic) bond motifs is 1. The number of hydrogen-bond acceptors (Lipinski definition) is 6. The Balaban J connectivity index is 1.88. The Kier molecular flexibility index (Phi) is 4.91. The molecule has 0 saturated heterocycles. The second kappa shape index (κ2) is 7.12. The van der Waals surface area contributed by atoms with E-state index in [0.717, 1.165) is 10.7 Å². The normalized spacial score (nSPS) is 10.8. The molecule has 2 N–H and O–H groups in total. The average molecular weight is 382 g/mol. The van der Waals surface area contributed by atoms with E-state index in [1.807, 2.05) is 0 Å². The maximum atomic E-state index is 12.3. The van der Waals surface area contributed by atoms with Gasteiger partial charge in [-0.1, -0.05) is 29.3 Å². The van der Waals surface area contributed by atoms with Gasteiger partial charge in [-0.15, -0.1) is 0 Å². The Morgan fingerprint density at radius 1 is 1.36 bits per heavy atom. The van der Waals surface area contributed by atoms with E-state index in [0.29, 0.717) is 15.6 Å². The van der Waals surface area contributed by atoms with E-state index in [1.165, 1.54) is 0 Å². The van der Waals surface area contributed by atoms with Crippen molar-refractivity contribution in [1.29, 1.82) is 0 Å². The molecule has 0 radical (unpaired) electrons. The monoisotopic (exact) mass is 381 g/mol. The number of aromatic nitrogens is 4. The molecule has 2 heterocycles. The van der Waals surface area contributed by atoms with Crippen LogP contribution < -0.4 is 10.9 Å². The predicted octanol–water partition coefficient (Wildman–Crippen LogP) is 2.51. The number of ether oxygens (including phenoxy) is 1. The number of rotatable bonds is 5. The minimum atomic E-state index is -0.735. The predicted molar refractivity (Wildman–Crippen MR) is 93.4 cm³/mol. The van der Waals surface area contributed by atoms with Crippen LogP contribution in [0, 0.1) is 0 Å². The summed E-state index contributed by atoms with van der Waals surface area (Å²) in [5.74, 6) is -0.339. The molecule has 10 heteroatoms. The number of halogens is 2. The lowest BCUT2D eigenvalue weighted by Gasteiger charge is -2.07. The van der Waals surface area contributed by atoms with Gasteiger partial charge in [0.05, 0.1) is 12.8 Å². The highest BCUT2D eigenvalue weighted by Crippen LogP contribution is 2.24. The summed E-state index contributed by atoms with van der Waals surface area (Å²) in [6.45, 7) is 2.10. The Bertz CT molecular complexity index is 978. The number of carbonyl (C=O) groups is 1. The fraction of sp³-hybridized carbons (Fsp3) is 0.200. The molecule has 0 aliphatic heterocycles. The van der Waals surface area contributed by atoms with Crippen molar-refractivity contribution in [2.75, 3.05) is 11.9 Å². The number of benzene rings is 1. The highest BCUT2D eigenvalue weighted by molar-refractivity contribution is 6.36. The van der Waals surface area contributed by atoms with Crippen molar-refractivity contribution in [3.8, 4) is 0 Å². The summed E-state index contributed by atoms with van der Waals surface area (Å²) in [4.78, 5) is 32.2. The van der Waals surface area contributed by atoms with Gasteiger partial charge in [-0.2, -0.15) is 9.50 Å². The van der Waals surface area contributed by atoms with E-state index in [1.54, 1.807) is 25.1 Å². The van der Waals surface area contributed by atoms with Crippen molar-refractivity contribution in [2.45, 2.75) is 13.5 Å². The third-order valence-corrected chi connectivity index (χ3v) is 4.07. The SMILES string of the molecule is CCOC(=O)c1cnc2nc(NCc3c(Cl)cccc3Cl)[nH]n2c1=O. The summed E-state index contributed by atoms with van der Waals surface area (Å²) in [7, 11) is 0. The first-order chi connectivity index (χ1) is 12.0. The van der Waals surface area contributed by atoms with Crippen LogP contribution in [0.1, 0.15) is 22.8 Å². The number of nitrogens with zero attached hydrogens (tertiary/aromatic N) is 3. The average Bonchev–Trinajstić information content (AvgIpc) is 2.99. The number of carbonyl (C=O) groups excluding carboxylic acids is 1. The first-order valence-corrected chi connectivity index (χ1v) is 8.08. The van der Waals surface area contributed by atoms with E-state index >= 15 is 0 Å². The summed E-state index contributed by atoms with van der Waals surface area (Å²) >= 11 is 12.2. The number of esters is 1. The van der Waals surface area contributed by atoms with Crippen LogP contribution in [0.15, 0.2) is 29.2 Å². The van der Waals surface area contributed by atoms with Crippen molar-refractivity contribution in [3.63, 3.8) is 0 Å². The Morgan fingerprint density at radius 3 is 2.76 bits per heavy atom. The van der Waals surface area contributed by atoms with Gasteiger partial charge in [0.15, 0.2) is 0 Å². The van der Waals surface area contributed by atoms with Crippen molar-refractivity contribution >= 4 is 40.9 Å². The summed E-state index contributed by atoms with van der Waals surface area (Å²) < 4.78 is 5.88. The van der Waals surface area contributed by atoms with E-state index in [4.69, 9.17) is 27.9 Å². The fourth-order valence-corrected chi connectivity index (χ4v) is 2.69. The van der Waals surface area contributed by atoms with Gasteiger partial charge in [0, 0.05) is 22.2 Å². The largest absolute Gasteiger partial charge is 0.462 e. The smallest absolute Gasteiger partial charge is 0.345 e. The lowest BCUT2D eigenvalue weighted by Crippen LogP contribution is -2.24. The van der Waals surface area contributed by atoms with Gasteiger partial charge in [0.25, 0.3) is 11.3 Å². The van der Waals surface area contributed by atoms with Crippen molar-refractivity contribution in [2.24, 2.45) is 0 Å². The Morgan fingerprint density at radius 2 is 2.08 bits per heavy atom. The van der Waals surface area contributed by atoms with E-state index in [9.17, 15) is 9.59 Å². The zero-order chi connectivity index (χ0) is 18.0. The number of anilines is 1. The molecule has 0 aliphatic rings. The maximum Gasteiger partial charge on any atom is 0.345 e. The first kappa shape index (κ1) is 17.2. The van der Waals surface area contributed by atoms with E-state index in [-0.39, 0.29) is 30.4 Å². The first-order valence-electron chi connectivity index (χ1n) is 7.33. The molecular weight excluding hydrogens is 369 g/mol. The molecule has 0 saturated carbocycles. The number of nitrogens with one attached hydrogen (secondary N) is 2. The Labute approximate surface area is 151 Å². The molecule has 0 spiro atoms. The third-order valence-electron chi connectivity index (χ3n) is 3.36.